The molecule has 5 heteroatoms. The Hall–Kier alpha value is -2.17. The zero-order chi connectivity index (χ0) is 14.3. The van der Waals surface area contributed by atoms with Crippen LogP contribution in [-0.4, -0.2) is 22.4 Å². The number of amides is 1. The second-order valence-electron chi connectivity index (χ2n) is 4.20. The summed E-state index contributed by atoms with van der Waals surface area (Å²) < 4.78 is 0. The fraction of sp³-hybridized carbons (Fsp3) is 0.357. The topological polar surface area (TPSA) is 80.9 Å². The van der Waals surface area contributed by atoms with Gasteiger partial charge in [-0.15, -0.1) is 0 Å². The number of hydrogen-bond donors (Lipinski definition) is 2. The highest BCUT2D eigenvalue weighted by atomic mass is 16.1. The molecule has 0 spiro atoms. The van der Waals surface area contributed by atoms with E-state index in [1.807, 2.05) is 19.1 Å². The number of nitrogens with two attached hydrogens (primary N) is 1. The molecule has 0 aliphatic rings. The van der Waals surface area contributed by atoms with Crippen molar-refractivity contribution in [2.45, 2.75) is 27.2 Å². The maximum absolute atomic E-state index is 11.9. The lowest BCUT2D eigenvalue weighted by molar-refractivity contribution is 0.0956. The molecule has 1 heterocycles. The molecule has 0 radical (unpaired) electrons. The highest BCUT2D eigenvalue weighted by Gasteiger charge is 2.09. The maximum Gasteiger partial charge on any atom is 0.254 e. The molecule has 102 valence electrons. The molecular formula is C14H20N4O. The molecule has 19 heavy (non-hydrogen) atoms. The van der Waals surface area contributed by atoms with Gasteiger partial charge in [-0.3, -0.25) is 4.79 Å². The van der Waals surface area contributed by atoms with Crippen LogP contribution in [0.25, 0.3) is 0 Å². The van der Waals surface area contributed by atoms with Crippen LogP contribution in [0.3, 0.4) is 0 Å². The quantitative estimate of drug-likeness (QED) is 0.793. The summed E-state index contributed by atoms with van der Waals surface area (Å²) in [6.45, 7) is 6.32. The third-order valence-corrected chi connectivity index (χ3v) is 2.53. The first-order valence-electron chi connectivity index (χ1n) is 6.25. The first kappa shape index (κ1) is 14.9. The van der Waals surface area contributed by atoms with Gasteiger partial charge in [0.1, 0.15) is 0 Å². The van der Waals surface area contributed by atoms with E-state index in [1.54, 1.807) is 6.92 Å². The Morgan fingerprint density at radius 2 is 2.26 bits per heavy atom. The summed E-state index contributed by atoms with van der Waals surface area (Å²) in [5, 5.41) is 2.78. The van der Waals surface area contributed by atoms with Crippen molar-refractivity contribution in [2.24, 2.45) is 0 Å². The van der Waals surface area contributed by atoms with Gasteiger partial charge in [0.15, 0.2) is 0 Å². The van der Waals surface area contributed by atoms with Gasteiger partial charge in [-0.25, -0.2) is 9.97 Å². The SMILES string of the molecule is CC/C=C(C)/C=C/CNC(=O)c1cnc(N)nc1C. The Kier molecular flexibility index (Phi) is 5.73. The minimum Gasteiger partial charge on any atom is -0.368 e. The van der Waals surface area contributed by atoms with Crippen molar-refractivity contribution in [3.05, 3.63) is 41.3 Å². The highest BCUT2D eigenvalue weighted by molar-refractivity contribution is 5.95. The molecule has 0 atom stereocenters. The van der Waals surface area contributed by atoms with Gasteiger partial charge in [-0.1, -0.05) is 30.7 Å². The average molecular weight is 260 g/mol. The summed E-state index contributed by atoms with van der Waals surface area (Å²) in [6.07, 6.45) is 8.46. The second kappa shape index (κ2) is 7.31. The molecule has 0 aromatic carbocycles. The van der Waals surface area contributed by atoms with E-state index in [2.05, 4.69) is 28.3 Å². The van der Waals surface area contributed by atoms with Crippen molar-refractivity contribution in [3.63, 3.8) is 0 Å². The standard InChI is InChI=1S/C14H20N4O/c1-4-6-10(2)7-5-8-16-13(19)12-9-17-14(15)18-11(12)3/h5-7,9H,4,8H2,1-3H3,(H,16,19)(H2,15,17,18)/b7-5+,10-6+. The van der Waals surface area contributed by atoms with Crippen LogP contribution in [0, 0.1) is 6.92 Å². The molecule has 0 bridgehead atoms. The number of allylic oxidation sites excluding steroid dienone is 3. The number of anilines is 1. The van der Waals surface area contributed by atoms with E-state index in [-0.39, 0.29) is 11.9 Å². The fourth-order valence-corrected chi connectivity index (χ4v) is 1.59. The van der Waals surface area contributed by atoms with Crippen LogP contribution < -0.4 is 11.1 Å². The van der Waals surface area contributed by atoms with E-state index in [0.29, 0.717) is 17.8 Å². The Bertz CT molecular complexity index is 506. The van der Waals surface area contributed by atoms with Gasteiger partial charge >= 0.3 is 0 Å². The van der Waals surface area contributed by atoms with Gasteiger partial charge in [0.2, 0.25) is 5.95 Å². The third-order valence-electron chi connectivity index (χ3n) is 2.53. The van der Waals surface area contributed by atoms with Gasteiger partial charge < -0.3 is 11.1 Å². The van der Waals surface area contributed by atoms with Crippen molar-refractivity contribution in [2.75, 3.05) is 12.3 Å². The molecule has 0 aliphatic carbocycles. The third kappa shape index (κ3) is 4.91. The molecule has 3 N–H and O–H groups in total. The lowest BCUT2D eigenvalue weighted by atomic mass is 10.2. The summed E-state index contributed by atoms with van der Waals surface area (Å²) in [4.78, 5) is 19.6. The number of rotatable bonds is 5. The van der Waals surface area contributed by atoms with Crippen LogP contribution in [0.4, 0.5) is 5.95 Å². The van der Waals surface area contributed by atoms with Gasteiger partial charge in [-0.2, -0.15) is 0 Å². The minimum absolute atomic E-state index is 0.175. The normalized spacial score (nSPS) is 11.8. The predicted octanol–water partition coefficient (Wildman–Crippen LogP) is 2.01. The number of nitrogens with one attached hydrogen (secondary N) is 1. The molecule has 1 rings (SSSR count). The second-order valence-corrected chi connectivity index (χ2v) is 4.20. The highest BCUT2D eigenvalue weighted by Crippen LogP contribution is 2.04. The summed E-state index contributed by atoms with van der Waals surface area (Å²) in [5.41, 5.74) is 7.65. The van der Waals surface area contributed by atoms with Crippen LogP contribution in [-0.2, 0) is 0 Å². The zero-order valence-corrected chi connectivity index (χ0v) is 11.6. The molecule has 0 fully saturated rings. The lowest BCUT2D eigenvalue weighted by Gasteiger charge is -2.05. The zero-order valence-electron chi connectivity index (χ0n) is 11.6. The van der Waals surface area contributed by atoms with Gasteiger partial charge in [-0.05, 0) is 20.3 Å². The summed E-state index contributed by atoms with van der Waals surface area (Å²) in [6, 6.07) is 0. The average Bonchev–Trinajstić information content (AvgIpc) is 2.34. The first-order valence-corrected chi connectivity index (χ1v) is 6.25. The maximum atomic E-state index is 11.9. The largest absolute Gasteiger partial charge is 0.368 e. The Morgan fingerprint density at radius 3 is 2.89 bits per heavy atom. The van der Waals surface area contributed by atoms with Gasteiger partial charge in [0.05, 0.1) is 11.3 Å². The van der Waals surface area contributed by atoms with Crippen molar-refractivity contribution in [1.29, 1.82) is 0 Å². The molecule has 0 saturated carbocycles. The fourth-order valence-electron chi connectivity index (χ4n) is 1.59. The van der Waals surface area contributed by atoms with E-state index in [1.165, 1.54) is 11.8 Å². The molecular weight excluding hydrogens is 240 g/mol. The van der Waals surface area contributed by atoms with Crippen LogP contribution in [0.2, 0.25) is 0 Å². The molecule has 0 unspecified atom stereocenters. The van der Waals surface area contributed by atoms with Crippen LogP contribution in [0.15, 0.2) is 30.0 Å². The number of nitrogens with zero attached hydrogens (tertiary/aromatic N) is 2. The first-order chi connectivity index (χ1) is 9.04. The number of aryl methyl sites for hydroxylation is 1. The number of aromatic nitrogens is 2. The van der Waals surface area contributed by atoms with E-state index in [0.717, 1.165) is 6.42 Å². The monoisotopic (exact) mass is 260 g/mol. The molecule has 1 aromatic rings. The van der Waals surface area contributed by atoms with E-state index >= 15 is 0 Å². The molecule has 0 saturated heterocycles. The van der Waals surface area contributed by atoms with Crippen molar-refractivity contribution in [1.82, 2.24) is 15.3 Å². The Labute approximate surface area is 113 Å². The van der Waals surface area contributed by atoms with Crippen molar-refractivity contribution < 1.29 is 4.79 Å². The predicted molar refractivity (Wildman–Crippen MR) is 76.7 cm³/mol. The molecule has 5 nitrogen and oxygen atoms in total. The Balaban J connectivity index is 2.54. The van der Waals surface area contributed by atoms with Gasteiger partial charge in [0, 0.05) is 12.7 Å². The summed E-state index contributed by atoms with van der Waals surface area (Å²) in [5.74, 6) is -0.0199. The number of carbonyl (C=O) groups is 1. The lowest BCUT2D eigenvalue weighted by Crippen LogP contribution is -2.24. The summed E-state index contributed by atoms with van der Waals surface area (Å²) >= 11 is 0. The minimum atomic E-state index is -0.195. The summed E-state index contributed by atoms with van der Waals surface area (Å²) in [7, 11) is 0. The molecule has 0 aliphatic heterocycles. The number of nitrogen functional groups attached to an aromatic ring is 1. The van der Waals surface area contributed by atoms with E-state index in [9.17, 15) is 4.79 Å². The smallest absolute Gasteiger partial charge is 0.254 e. The van der Waals surface area contributed by atoms with E-state index in [4.69, 9.17) is 5.73 Å². The van der Waals surface area contributed by atoms with Crippen molar-refractivity contribution >= 4 is 11.9 Å². The van der Waals surface area contributed by atoms with Crippen LogP contribution in [0.1, 0.15) is 36.3 Å². The number of hydrogen-bond acceptors (Lipinski definition) is 4. The van der Waals surface area contributed by atoms with Crippen molar-refractivity contribution in [3.8, 4) is 0 Å². The van der Waals surface area contributed by atoms with Gasteiger partial charge in [0.25, 0.3) is 5.91 Å². The Morgan fingerprint density at radius 1 is 1.53 bits per heavy atom. The molecule has 1 amide bonds. The van der Waals surface area contributed by atoms with Crippen LogP contribution >= 0.6 is 0 Å². The van der Waals surface area contributed by atoms with Crippen LogP contribution in [0.5, 0.6) is 0 Å². The molecule has 1 aromatic heterocycles. The number of carbonyl (C=O) groups excluding carboxylic acids is 1. The van der Waals surface area contributed by atoms with E-state index < -0.39 is 0 Å².